The van der Waals surface area contributed by atoms with Gasteiger partial charge in [-0.3, -0.25) is 10.1 Å². The van der Waals surface area contributed by atoms with Gasteiger partial charge in [0.05, 0.1) is 21.8 Å². The van der Waals surface area contributed by atoms with E-state index in [0.717, 1.165) is 18.4 Å². The van der Waals surface area contributed by atoms with Crippen LogP contribution in [-0.4, -0.2) is 33.2 Å². The molecular formula is C23H18I2N8O3. The molecule has 13 heteroatoms. The average Bonchev–Trinajstić information content (AvgIpc) is 2.85. The van der Waals surface area contributed by atoms with E-state index in [2.05, 4.69) is 81.3 Å². The summed E-state index contributed by atoms with van der Waals surface area (Å²) in [6, 6.07) is 19.3. The topological polar surface area (TPSA) is 139 Å². The summed E-state index contributed by atoms with van der Waals surface area (Å²) in [6.07, 6.45) is 1.63. The molecule has 182 valence electrons. The van der Waals surface area contributed by atoms with Crippen molar-refractivity contribution in [3.63, 3.8) is 0 Å². The zero-order valence-electron chi connectivity index (χ0n) is 18.6. The molecule has 0 aliphatic rings. The van der Waals surface area contributed by atoms with Crippen LogP contribution in [0.25, 0.3) is 0 Å². The molecule has 4 rings (SSSR count). The second kappa shape index (κ2) is 11.9. The highest BCUT2D eigenvalue weighted by molar-refractivity contribution is 14.1. The summed E-state index contributed by atoms with van der Waals surface area (Å²) >= 11 is 4.44. The molecule has 0 saturated carbocycles. The molecular weight excluding hydrogens is 690 g/mol. The minimum absolute atomic E-state index is 0.0139. The lowest BCUT2D eigenvalue weighted by atomic mass is 10.2. The molecule has 0 amide bonds. The fourth-order valence-electron chi connectivity index (χ4n) is 3.03. The number of rotatable bonds is 9. The first-order chi connectivity index (χ1) is 17.4. The molecule has 0 radical (unpaired) electrons. The summed E-state index contributed by atoms with van der Waals surface area (Å²) in [5.41, 5.74) is 4.98. The van der Waals surface area contributed by atoms with E-state index in [1.54, 1.807) is 25.5 Å². The maximum Gasteiger partial charge on any atom is 0.269 e. The summed E-state index contributed by atoms with van der Waals surface area (Å²) in [5, 5.41) is 21.4. The van der Waals surface area contributed by atoms with Crippen LogP contribution in [0.1, 0.15) is 5.56 Å². The Morgan fingerprint density at radius 1 is 0.917 bits per heavy atom. The van der Waals surface area contributed by atoms with E-state index in [4.69, 9.17) is 4.74 Å². The molecule has 3 aromatic carbocycles. The first-order valence-electron chi connectivity index (χ1n) is 10.3. The van der Waals surface area contributed by atoms with E-state index in [0.29, 0.717) is 11.4 Å². The van der Waals surface area contributed by atoms with Gasteiger partial charge in [0.2, 0.25) is 17.8 Å². The van der Waals surface area contributed by atoms with E-state index in [1.165, 1.54) is 12.1 Å². The Bertz CT molecular complexity index is 1400. The lowest BCUT2D eigenvalue weighted by Gasteiger charge is -2.10. The zero-order valence-corrected chi connectivity index (χ0v) is 23.0. The van der Waals surface area contributed by atoms with Crippen LogP contribution in [0.4, 0.5) is 34.9 Å². The fourth-order valence-corrected chi connectivity index (χ4v) is 5.14. The summed E-state index contributed by atoms with van der Waals surface area (Å²) < 4.78 is 7.50. The third-order valence-electron chi connectivity index (χ3n) is 4.61. The van der Waals surface area contributed by atoms with Crippen LogP contribution in [0.15, 0.2) is 71.8 Å². The lowest BCUT2D eigenvalue weighted by molar-refractivity contribution is -0.384. The number of aromatic nitrogens is 3. The van der Waals surface area contributed by atoms with E-state index < -0.39 is 4.92 Å². The first kappa shape index (κ1) is 25.5. The van der Waals surface area contributed by atoms with Crippen molar-refractivity contribution in [3.8, 4) is 5.75 Å². The molecule has 1 heterocycles. The standard InChI is InChI=1S/C23H18I2N8O3/c1-36-20-14(11-15(24)12-19(20)25)13-26-32-23-30-21(27-16-5-3-2-4-6-16)29-22(31-23)28-17-7-9-18(10-8-17)33(34)35/h2-13H,1H3,(H3,27,28,29,30,31,32)/b26-13-. The lowest BCUT2D eigenvalue weighted by Crippen LogP contribution is -2.07. The molecule has 0 saturated heterocycles. The van der Waals surface area contributed by atoms with Crippen LogP contribution in [0.2, 0.25) is 0 Å². The van der Waals surface area contributed by atoms with Crippen LogP contribution in [0.5, 0.6) is 5.75 Å². The number of benzene rings is 3. The van der Waals surface area contributed by atoms with Crippen molar-refractivity contribution in [1.82, 2.24) is 15.0 Å². The van der Waals surface area contributed by atoms with Crippen molar-refractivity contribution in [2.24, 2.45) is 5.10 Å². The molecule has 36 heavy (non-hydrogen) atoms. The van der Waals surface area contributed by atoms with Crippen LogP contribution in [-0.2, 0) is 0 Å². The van der Waals surface area contributed by atoms with Gasteiger partial charge in [0, 0.05) is 32.6 Å². The second-order valence-corrected chi connectivity index (χ2v) is 9.51. The van der Waals surface area contributed by atoms with Gasteiger partial charge in [0.15, 0.2) is 0 Å². The minimum atomic E-state index is -0.460. The Morgan fingerprint density at radius 3 is 2.14 bits per heavy atom. The summed E-state index contributed by atoms with van der Waals surface area (Å²) in [5.74, 6) is 1.39. The van der Waals surface area contributed by atoms with Crippen molar-refractivity contribution in [2.75, 3.05) is 23.2 Å². The molecule has 0 aliphatic carbocycles. The van der Waals surface area contributed by atoms with E-state index >= 15 is 0 Å². The maximum absolute atomic E-state index is 10.9. The Kier molecular flexibility index (Phi) is 8.42. The second-order valence-electron chi connectivity index (χ2n) is 7.11. The highest BCUT2D eigenvalue weighted by Crippen LogP contribution is 2.27. The van der Waals surface area contributed by atoms with Crippen LogP contribution in [0.3, 0.4) is 0 Å². The molecule has 0 atom stereocenters. The van der Waals surface area contributed by atoms with Gasteiger partial charge in [0.1, 0.15) is 5.75 Å². The number of nitro groups is 1. The molecule has 3 N–H and O–H groups in total. The average molecular weight is 708 g/mol. The first-order valence-corrected chi connectivity index (χ1v) is 12.5. The van der Waals surface area contributed by atoms with E-state index in [9.17, 15) is 10.1 Å². The smallest absolute Gasteiger partial charge is 0.269 e. The van der Waals surface area contributed by atoms with Crippen LogP contribution >= 0.6 is 45.2 Å². The highest BCUT2D eigenvalue weighted by atomic mass is 127. The summed E-state index contributed by atoms with van der Waals surface area (Å²) in [7, 11) is 1.61. The third-order valence-corrected chi connectivity index (χ3v) is 6.03. The Balaban J connectivity index is 1.60. The molecule has 0 bridgehead atoms. The number of ether oxygens (including phenoxy) is 1. The molecule has 0 aliphatic heterocycles. The normalized spacial score (nSPS) is 10.8. The zero-order chi connectivity index (χ0) is 25.5. The van der Waals surface area contributed by atoms with Crippen molar-refractivity contribution in [1.29, 1.82) is 0 Å². The van der Waals surface area contributed by atoms with Crippen LogP contribution < -0.4 is 20.8 Å². The van der Waals surface area contributed by atoms with E-state index in [-0.39, 0.29) is 23.5 Å². The largest absolute Gasteiger partial charge is 0.495 e. The Morgan fingerprint density at radius 2 is 1.53 bits per heavy atom. The maximum atomic E-state index is 10.9. The Hall–Kier alpha value is -3.60. The van der Waals surface area contributed by atoms with Gasteiger partial charge in [0.25, 0.3) is 5.69 Å². The number of anilines is 5. The highest BCUT2D eigenvalue weighted by Gasteiger charge is 2.10. The number of methoxy groups -OCH3 is 1. The van der Waals surface area contributed by atoms with Crippen LogP contribution in [0, 0.1) is 17.3 Å². The summed E-state index contributed by atoms with van der Waals surface area (Å²) in [6.45, 7) is 0. The summed E-state index contributed by atoms with van der Waals surface area (Å²) in [4.78, 5) is 23.6. The van der Waals surface area contributed by atoms with E-state index in [1.807, 2.05) is 42.5 Å². The number of para-hydroxylation sites is 1. The predicted molar refractivity (Wildman–Crippen MR) is 156 cm³/mol. The predicted octanol–water partition coefficient (Wildman–Crippen LogP) is 5.93. The molecule has 0 spiro atoms. The number of nitro benzene ring substituents is 1. The van der Waals surface area contributed by atoms with Gasteiger partial charge in [-0.15, -0.1) is 0 Å². The van der Waals surface area contributed by atoms with Gasteiger partial charge in [-0.1, -0.05) is 18.2 Å². The minimum Gasteiger partial charge on any atom is -0.495 e. The number of hydrogen-bond acceptors (Lipinski definition) is 10. The van der Waals surface area contributed by atoms with Gasteiger partial charge in [-0.05, 0) is 81.6 Å². The number of halogens is 2. The molecule has 4 aromatic rings. The van der Waals surface area contributed by atoms with Gasteiger partial charge in [-0.25, -0.2) is 5.43 Å². The number of hydrogen-bond donors (Lipinski definition) is 3. The number of hydrazone groups is 1. The molecule has 1 aromatic heterocycles. The third kappa shape index (κ3) is 6.75. The van der Waals surface area contributed by atoms with Gasteiger partial charge in [-0.2, -0.15) is 20.1 Å². The van der Waals surface area contributed by atoms with Crippen molar-refractivity contribution < 1.29 is 9.66 Å². The van der Waals surface area contributed by atoms with Gasteiger partial charge < -0.3 is 15.4 Å². The van der Waals surface area contributed by atoms with Crippen molar-refractivity contribution >= 4 is 86.3 Å². The molecule has 0 fully saturated rings. The van der Waals surface area contributed by atoms with Gasteiger partial charge >= 0.3 is 0 Å². The number of nitrogens with one attached hydrogen (secondary N) is 3. The van der Waals surface area contributed by atoms with Crippen molar-refractivity contribution in [2.45, 2.75) is 0 Å². The number of nitrogens with zero attached hydrogens (tertiary/aromatic N) is 5. The fraction of sp³-hybridized carbons (Fsp3) is 0.0435. The monoisotopic (exact) mass is 708 g/mol. The number of non-ortho nitro benzene ring substituents is 1. The SMILES string of the molecule is COc1c(I)cc(I)cc1/C=N\Nc1nc(Nc2ccccc2)nc(Nc2ccc([N+](=O)[O-])cc2)n1. The van der Waals surface area contributed by atoms with Crippen molar-refractivity contribution in [3.05, 3.63) is 89.5 Å². The quantitative estimate of drug-likeness (QED) is 0.0836. The molecule has 11 nitrogen and oxygen atoms in total. The molecule has 0 unspecified atom stereocenters. The Labute approximate surface area is 233 Å².